The number of carboxylic acids is 2. The maximum atomic E-state index is 12.6. The third-order valence-corrected chi connectivity index (χ3v) is 1.68. The van der Waals surface area contributed by atoms with Crippen molar-refractivity contribution >= 4 is 24.5 Å². The Morgan fingerprint density at radius 1 is 0.700 bits per heavy atom. The molecular formula is C8H4BF5O6. The van der Waals surface area contributed by atoms with Crippen LogP contribution in [-0.4, -0.2) is 39.3 Å². The quantitative estimate of drug-likeness (QED) is 0.178. The van der Waals surface area contributed by atoms with Gasteiger partial charge in [0, 0.05) is 0 Å². The van der Waals surface area contributed by atoms with E-state index in [0.717, 1.165) is 0 Å². The second-order valence-corrected chi connectivity index (χ2v) is 2.97. The Kier molecular flexibility index (Phi) is 6.06. The van der Waals surface area contributed by atoms with E-state index in [1.807, 2.05) is 0 Å². The van der Waals surface area contributed by atoms with Gasteiger partial charge in [0.25, 0.3) is 0 Å². The summed E-state index contributed by atoms with van der Waals surface area (Å²) in [6, 6.07) is 0. The SMILES string of the molecule is O=C(O)C(=O)O.OB(O)c1c(F)c(F)c(F)c(F)c1F. The lowest BCUT2D eigenvalue weighted by Crippen LogP contribution is -2.38. The van der Waals surface area contributed by atoms with Gasteiger partial charge in [0.1, 0.15) is 0 Å². The van der Waals surface area contributed by atoms with E-state index in [1.165, 1.54) is 0 Å². The normalized spacial score (nSPS) is 9.55. The fourth-order valence-corrected chi connectivity index (χ4v) is 0.849. The average Bonchev–Trinajstić information content (AvgIpc) is 2.34. The molecule has 12 heteroatoms. The topological polar surface area (TPSA) is 115 Å². The van der Waals surface area contributed by atoms with Crippen LogP contribution >= 0.6 is 0 Å². The second-order valence-electron chi connectivity index (χ2n) is 2.97. The third-order valence-electron chi connectivity index (χ3n) is 1.68. The van der Waals surface area contributed by atoms with Crippen molar-refractivity contribution in [2.24, 2.45) is 0 Å². The highest BCUT2D eigenvalue weighted by atomic mass is 19.2. The molecule has 0 fully saturated rings. The molecule has 0 saturated heterocycles. The Bertz CT molecular complexity index is 508. The van der Waals surface area contributed by atoms with E-state index < -0.39 is 53.6 Å². The summed E-state index contributed by atoms with van der Waals surface area (Å²) in [4.78, 5) is 18.2. The largest absolute Gasteiger partial charge is 0.494 e. The van der Waals surface area contributed by atoms with Gasteiger partial charge in [-0.25, -0.2) is 31.5 Å². The molecule has 0 heterocycles. The van der Waals surface area contributed by atoms with Gasteiger partial charge in [-0.1, -0.05) is 0 Å². The van der Waals surface area contributed by atoms with Gasteiger partial charge >= 0.3 is 19.1 Å². The van der Waals surface area contributed by atoms with Crippen LogP contribution in [0, 0.1) is 29.1 Å². The molecule has 1 aromatic rings. The van der Waals surface area contributed by atoms with Crippen LogP contribution in [0.4, 0.5) is 22.0 Å². The molecule has 0 bridgehead atoms. The van der Waals surface area contributed by atoms with E-state index in [4.69, 9.17) is 29.9 Å². The van der Waals surface area contributed by atoms with Crippen molar-refractivity contribution in [3.63, 3.8) is 0 Å². The zero-order chi connectivity index (χ0) is 16.2. The first-order valence-corrected chi connectivity index (χ1v) is 4.36. The summed E-state index contributed by atoms with van der Waals surface area (Å²) >= 11 is 0. The van der Waals surface area contributed by atoms with Gasteiger partial charge < -0.3 is 20.3 Å². The standard InChI is InChI=1S/C6H2BF5O2.C2H2O4/c8-2-1(7(13)14)3(9)5(11)6(12)4(2)10;3-1(4)2(5)6/h13-14H;(H,3,4)(H,5,6). The minimum absolute atomic E-state index is 1.67. The summed E-state index contributed by atoms with van der Waals surface area (Å²) in [5.74, 6) is -14.9. The number of carbonyl (C=O) groups is 2. The zero-order valence-corrected chi connectivity index (χ0v) is 9.07. The van der Waals surface area contributed by atoms with Gasteiger partial charge in [0.15, 0.2) is 29.1 Å². The molecule has 0 spiro atoms. The molecule has 0 amide bonds. The first-order valence-electron chi connectivity index (χ1n) is 4.36. The van der Waals surface area contributed by atoms with Crippen molar-refractivity contribution in [3.05, 3.63) is 29.1 Å². The maximum Gasteiger partial charge on any atom is 0.494 e. The summed E-state index contributed by atoms with van der Waals surface area (Å²) in [5.41, 5.74) is -1.67. The molecule has 0 aliphatic carbocycles. The summed E-state index contributed by atoms with van der Waals surface area (Å²) in [5, 5.41) is 31.5. The summed E-state index contributed by atoms with van der Waals surface area (Å²) in [6.07, 6.45) is 0. The Morgan fingerprint density at radius 3 is 1.15 bits per heavy atom. The van der Waals surface area contributed by atoms with Crippen LogP contribution in [-0.2, 0) is 9.59 Å². The Labute approximate surface area is 106 Å². The Hall–Kier alpha value is -2.21. The van der Waals surface area contributed by atoms with Crippen molar-refractivity contribution in [2.75, 3.05) is 0 Å². The molecule has 1 aromatic carbocycles. The highest BCUT2D eigenvalue weighted by molar-refractivity contribution is 6.58. The van der Waals surface area contributed by atoms with E-state index >= 15 is 0 Å². The zero-order valence-electron chi connectivity index (χ0n) is 9.07. The number of benzene rings is 1. The van der Waals surface area contributed by atoms with E-state index in [-0.39, 0.29) is 0 Å². The maximum absolute atomic E-state index is 12.6. The molecule has 0 aromatic heterocycles. The van der Waals surface area contributed by atoms with Gasteiger partial charge in [-0.2, -0.15) is 0 Å². The number of hydrogen-bond acceptors (Lipinski definition) is 4. The molecule has 110 valence electrons. The Morgan fingerprint density at radius 2 is 0.950 bits per heavy atom. The van der Waals surface area contributed by atoms with Gasteiger partial charge in [-0.05, 0) is 0 Å². The monoisotopic (exact) mass is 302 g/mol. The number of hydrogen-bond donors (Lipinski definition) is 4. The van der Waals surface area contributed by atoms with Crippen molar-refractivity contribution in [2.45, 2.75) is 0 Å². The molecule has 0 aliphatic heterocycles. The molecule has 20 heavy (non-hydrogen) atoms. The average molecular weight is 302 g/mol. The smallest absolute Gasteiger partial charge is 0.473 e. The number of carboxylic acid groups (broad SMARTS) is 2. The molecule has 6 nitrogen and oxygen atoms in total. The molecule has 0 unspecified atom stereocenters. The fourth-order valence-electron chi connectivity index (χ4n) is 0.849. The van der Waals surface area contributed by atoms with E-state index in [2.05, 4.69) is 0 Å². The highest BCUT2D eigenvalue weighted by Gasteiger charge is 2.31. The molecule has 0 atom stereocenters. The van der Waals surface area contributed by atoms with Crippen molar-refractivity contribution in [3.8, 4) is 0 Å². The van der Waals surface area contributed by atoms with E-state index in [1.54, 1.807) is 0 Å². The first-order chi connectivity index (χ1) is 9.02. The van der Waals surface area contributed by atoms with Crippen molar-refractivity contribution in [1.82, 2.24) is 0 Å². The number of aliphatic carboxylic acids is 2. The molecule has 0 radical (unpaired) electrons. The van der Waals surface area contributed by atoms with Crippen molar-refractivity contribution in [1.29, 1.82) is 0 Å². The molecule has 0 saturated carbocycles. The van der Waals surface area contributed by atoms with E-state index in [9.17, 15) is 22.0 Å². The van der Waals surface area contributed by atoms with Crippen LogP contribution in [0.5, 0.6) is 0 Å². The predicted octanol–water partition coefficient (Wildman–Crippen LogP) is -0.783. The van der Waals surface area contributed by atoms with Gasteiger partial charge in [0.05, 0.1) is 5.46 Å². The van der Waals surface area contributed by atoms with Crippen LogP contribution in [0.3, 0.4) is 0 Å². The number of halogens is 5. The lowest BCUT2D eigenvalue weighted by molar-refractivity contribution is -0.159. The van der Waals surface area contributed by atoms with Gasteiger partial charge in [-0.15, -0.1) is 0 Å². The first kappa shape index (κ1) is 17.8. The van der Waals surface area contributed by atoms with Crippen molar-refractivity contribution < 1.29 is 51.8 Å². The number of rotatable bonds is 1. The van der Waals surface area contributed by atoms with Crippen LogP contribution < -0.4 is 5.46 Å². The van der Waals surface area contributed by atoms with Crippen LogP contribution in [0.15, 0.2) is 0 Å². The summed E-state index contributed by atoms with van der Waals surface area (Å²) < 4.78 is 62.4. The van der Waals surface area contributed by atoms with Crippen LogP contribution in [0.25, 0.3) is 0 Å². The van der Waals surface area contributed by atoms with Crippen LogP contribution in [0.2, 0.25) is 0 Å². The lowest BCUT2D eigenvalue weighted by Gasteiger charge is -2.06. The third kappa shape index (κ3) is 3.89. The fraction of sp³-hybridized carbons (Fsp3) is 0. The molecule has 0 aliphatic rings. The molecular weight excluding hydrogens is 298 g/mol. The molecule has 4 N–H and O–H groups in total. The molecule has 1 rings (SSSR count). The lowest BCUT2D eigenvalue weighted by atomic mass is 9.79. The minimum atomic E-state index is -2.76. The second kappa shape index (κ2) is 6.82. The van der Waals surface area contributed by atoms with E-state index in [0.29, 0.717) is 0 Å². The van der Waals surface area contributed by atoms with Gasteiger partial charge in [0.2, 0.25) is 0 Å². The summed E-state index contributed by atoms with van der Waals surface area (Å²) in [6.45, 7) is 0. The minimum Gasteiger partial charge on any atom is -0.473 e. The predicted molar refractivity (Wildman–Crippen MR) is 51.3 cm³/mol. The van der Waals surface area contributed by atoms with Crippen LogP contribution in [0.1, 0.15) is 0 Å². The Balaban J connectivity index is 0.000000511. The van der Waals surface area contributed by atoms with Gasteiger partial charge in [-0.3, -0.25) is 0 Å². The highest BCUT2D eigenvalue weighted by Crippen LogP contribution is 2.15. The summed E-state index contributed by atoms with van der Waals surface area (Å²) in [7, 11) is -2.76.